The summed E-state index contributed by atoms with van der Waals surface area (Å²) in [6.07, 6.45) is -2.03. The molecule has 0 aliphatic heterocycles. The van der Waals surface area contributed by atoms with E-state index in [0.717, 1.165) is 17.6 Å². The molecule has 1 N–H and O–H groups in total. The van der Waals surface area contributed by atoms with E-state index in [0.29, 0.717) is 5.56 Å². The number of aliphatic hydroxyl groups excluding tert-OH is 1. The molecule has 9 heteroatoms. The van der Waals surface area contributed by atoms with Crippen molar-refractivity contribution in [2.24, 2.45) is 0 Å². The van der Waals surface area contributed by atoms with E-state index in [-0.39, 0.29) is 30.8 Å². The van der Waals surface area contributed by atoms with E-state index in [1.54, 1.807) is 0 Å². The molecule has 0 saturated carbocycles. The van der Waals surface area contributed by atoms with Crippen LogP contribution in [-0.2, 0) is 16.3 Å². The fourth-order valence-electron chi connectivity index (χ4n) is 2.74. The Balaban J connectivity index is 2.32. The zero-order valence-corrected chi connectivity index (χ0v) is 14.6. The average molecular weight is 390 g/mol. The van der Waals surface area contributed by atoms with Gasteiger partial charge in [-0.05, 0) is 29.3 Å². The Bertz CT molecular complexity index is 993. The van der Waals surface area contributed by atoms with Crippen LogP contribution in [0.15, 0.2) is 22.4 Å². The lowest BCUT2D eigenvalue weighted by Gasteiger charge is -2.14. The van der Waals surface area contributed by atoms with Gasteiger partial charge in [0.25, 0.3) is 5.92 Å². The number of hydrogen-bond acceptors (Lipinski definition) is 5. The van der Waals surface area contributed by atoms with E-state index < -0.39 is 28.3 Å². The number of rotatable bonds is 2. The first-order valence-electron chi connectivity index (χ1n) is 6.67. The Morgan fingerprint density at radius 3 is 2.67 bits per heavy atom. The molecule has 3 rings (SSSR count). The van der Waals surface area contributed by atoms with Gasteiger partial charge in [-0.2, -0.15) is 5.26 Å². The highest BCUT2D eigenvalue weighted by Crippen LogP contribution is 2.53. The van der Waals surface area contributed by atoms with Gasteiger partial charge in [0, 0.05) is 28.1 Å². The molecule has 0 saturated heterocycles. The van der Waals surface area contributed by atoms with Crippen LogP contribution in [0.25, 0.3) is 10.4 Å². The van der Waals surface area contributed by atoms with Gasteiger partial charge in [-0.25, -0.2) is 17.2 Å². The van der Waals surface area contributed by atoms with Crippen molar-refractivity contribution in [1.29, 1.82) is 5.26 Å². The minimum Gasteiger partial charge on any atom is -0.382 e. The van der Waals surface area contributed by atoms with Crippen molar-refractivity contribution >= 4 is 32.8 Å². The van der Waals surface area contributed by atoms with Crippen LogP contribution in [0.1, 0.15) is 22.8 Å². The fourth-order valence-corrected chi connectivity index (χ4v) is 5.54. The van der Waals surface area contributed by atoms with Crippen LogP contribution in [0.3, 0.4) is 0 Å². The molecule has 4 nitrogen and oxygen atoms in total. The molecule has 24 heavy (non-hydrogen) atoms. The number of hydrogen-bond donors (Lipinski definition) is 1. The van der Waals surface area contributed by atoms with Gasteiger partial charge in [-0.15, -0.1) is 11.3 Å². The number of halogens is 3. The molecule has 2 aromatic rings. The first-order valence-corrected chi connectivity index (χ1v) is 9.76. The maximum atomic E-state index is 13.9. The number of aliphatic hydroxyl groups is 1. The van der Waals surface area contributed by atoms with E-state index in [9.17, 15) is 22.3 Å². The molecular weight excluding hydrogens is 380 g/mol. The highest BCUT2D eigenvalue weighted by Gasteiger charge is 2.51. The minimum absolute atomic E-state index is 0.0871. The molecule has 0 bridgehead atoms. The van der Waals surface area contributed by atoms with Crippen molar-refractivity contribution < 1.29 is 22.3 Å². The monoisotopic (exact) mass is 389 g/mol. The summed E-state index contributed by atoms with van der Waals surface area (Å²) in [5.41, 5.74) is 0.441. The van der Waals surface area contributed by atoms with Crippen LogP contribution >= 0.6 is 22.9 Å². The van der Waals surface area contributed by atoms with Crippen LogP contribution in [0.4, 0.5) is 8.78 Å². The smallest absolute Gasteiger partial charge is 0.281 e. The molecule has 1 aromatic carbocycles. The van der Waals surface area contributed by atoms with Gasteiger partial charge in [0.15, 0.2) is 9.84 Å². The largest absolute Gasteiger partial charge is 0.382 e. The van der Waals surface area contributed by atoms with Crippen LogP contribution in [0.5, 0.6) is 0 Å². The molecule has 1 atom stereocenters. The number of nitrogens with zero attached hydrogens (tertiary/aromatic N) is 1. The van der Waals surface area contributed by atoms with Gasteiger partial charge < -0.3 is 5.11 Å². The van der Waals surface area contributed by atoms with Crippen molar-refractivity contribution in [2.45, 2.75) is 22.7 Å². The number of sulfone groups is 1. The second-order valence-corrected chi connectivity index (χ2v) is 9.23. The van der Waals surface area contributed by atoms with Gasteiger partial charge in [0.1, 0.15) is 10.3 Å². The molecule has 0 spiro atoms. The summed E-state index contributed by atoms with van der Waals surface area (Å²) in [7, 11) is -3.80. The Morgan fingerprint density at radius 1 is 1.42 bits per heavy atom. The lowest BCUT2D eigenvalue weighted by atomic mass is 10.1. The van der Waals surface area contributed by atoms with E-state index >= 15 is 0 Å². The number of fused-ring (bicyclic) bond motifs is 1. The number of benzene rings is 1. The number of nitriles is 1. The predicted octanol–water partition coefficient (Wildman–Crippen LogP) is 3.57. The highest BCUT2D eigenvalue weighted by atomic mass is 35.5. The zero-order chi connectivity index (χ0) is 17.9. The first-order chi connectivity index (χ1) is 11.0. The van der Waals surface area contributed by atoms with Gasteiger partial charge in [0.2, 0.25) is 0 Å². The maximum Gasteiger partial charge on any atom is 0.281 e. The Morgan fingerprint density at radius 2 is 2.08 bits per heavy atom. The second-order valence-electron chi connectivity index (χ2n) is 5.56. The van der Waals surface area contributed by atoms with E-state index in [2.05, 4.69) is 0 Å². The van der Waals surface area contributed by atoms with Gasteiger partial charge >= 0.3 is 0 Å². The molecule has 126 valence electrons. The Labute approximate surface area is 145 Å². The second kappa shape index (κ2) is 5.49. The Hall–Kier alpha value is -1.53. The third-order valence-corrected chi connectivity index (χ3v) is 7.09. The van der Waals surface area contributed by atoms with Crippen LogP contribution in [0, 0.1) is 11.3 Å². The third kappa shape index (κ3) is 2.71. The molecule has 1 heterocycles. The fraction of sp³-hybridized carbons (Fsp3) is 0.267. The lowest BCUT2D eigenvalue weighted by Crippen LogP contribution is -2.22. The first kappa shape index (κ1) is 17.3. The van der Waals surface area contributed by atoms with Gasteiger partial charge in [-0.1, -0.05) is 11.6 Å². The average Bonchev–Trinajstić information content (AvgIpc) is 2.93. The number of thiophene rings is 1. The predicted molar refractivity (Wildman–Crippen MR) is 86.2 cm³/mol. The summed E-state index contributed by atoms with van der Waals surface area (Å²) in [6.45, 7) is 0. The van der Waals surface area contributed by atoms with Crippen LogP contribution < -0.4 is 0 Å². The maximum absolute atomic E-state index is 13.9. The topological polar surface area (TPSA) is 78.2 Å². The van der Waals surface area contributed by atoms with Crippen LogP contribution in [0.2, 0.25) is 5.02 Å². The lowest BCUT2D eigenvalue weighted by molar-refractivity contribution is -0.0975. The summed E-state index contributed by atoms with van der Waals surface area (Å²) in [4.78, 5) is 0.278. The zero-order valence-electron chi connectivity index (χ0n) is 12.2. The summed E-state index contributed by atoms with van der Waals surface area (Å²) in [5, 5.41) is 19.1. The van der Waals surface area contributed by atoms with Crippen molar-refractivity contribution in [3.05, 3.63) is 39.9 Å². The SMILES string of the molecule is CS(=O)(=O)c1sc(-c2cc(Cl)cc(C#N)c2)c2c1[C@H](O)C(F)(F)C2. The summed E-state index contributed by atoms with van der Waals surface area (Å²) >= 11 is 6.75. The van der Waals surface area contributed by atoms with Crippen LogP contribution in [-0.4, -0.2) is 25.7 Å². The molecule has 0 fully saturated rings. The molecule has 0 radical (unpaired) electrons. The van der Waals surface area contributed by atoms with E-state index in [1.165, 1.54) is 18.2 Å². The third-order valence-electron chi connectivity index (χ3n) is 3.73. The van der Waals surface area contributed by atoms with E-state index in [4.69, 9.17) is 16.9 Å². The Kier molecular flexibility index (Phi) is 3.96. The van der Waals surface area contributed by atoms with Crippen molar-refractivity contribution in [3.8, 4) is 16.5 Å². The van der Waals surface area contributed by atoms with Gasteiger partial charge in [0.05, 0.1) is 11.6 Å². The van der Waals surface area contributed by atoms with Crippen molar-refractivity contribution in [3.63, 3.8) is 0 Å². The molecule has 1 aliphatic rings. The molecule has 0 unspecified atom stereocenters. The summed E-state index contributed by atoms with van der Waals surface area (Å²) < 4.78 is 51.5. The van der Waals surface area contributed by atoms with Crippen molar-refractivity contribution in [2.75, 3.05) is 6.26 Å². The highest BCUT2D eigenvalue weighted by molar-refractivity contribution is 7.92. The van der Waals surface area contributed by atoms with Gasteiger partial charge in [-0.3, -0.25) is 0 Å². The minimum atomic E-state index is -3.80. The number of alkyl halides is 2. The molecular formula is C15H10ClF2NO3S2. The quantitative estimate of drug-likeness (QED) is 0.851. The molecule has 1 aliphatic carbocycles. The van der Waals surface area contributed by atoms with Crippen molar-refractivity contribution in [1.82, 2.24) is 0 Å². The summed E-state index contributed by atoms with van der Waals surface area (Å²) in [5.74, 6) is -3.44. The summed E-state index contributed by atoms with van der Waals surface area (Å²) in [6, 6.07) is 6.26. The molecule has 1 aromatic heterocycles. The van der Waals surface area contributed by atoms with E-state index in [1.807, 2.05) is 6.07 Å². The standard InChI is InChI=1S/C15H10ClF2NO3S2/c1-24(21,22)14-11-10(5-15(17,18)13(11)20)12(23-14)8-2-7(6-19)3-9(16)4-8/h2-4,13,20H,5H2,1H3/t13-/m0/s1. The normalized spacial score (nSPS) is 19.1. The molecule has 0 amide bonds.